The van der Waals surface area contributed by atoms with Gasteiger partial charge in [-0.3, -0.25) is 9.59 Å². The molecule has 1 heterocycles. The van der Waals surface area contributed by atoms with Crippen molar-refractivity contribution in [2.24, 2.45) is 0 Å². The maximum absolute atomic E-state index is 13.1. The second-order valence-electron chi connectivity index (χ2n) is 6.90. The number of hydrogen-bond acceptors (Lipinski definition) is 2. The van der Waals surface area contributed by atoms with Gasteiger partial charge >= 0.3 is 0 Å². The summed E-state index contributed by atoms with van der Waals surface area (Å²) in [7, 11) is 0. The SMILES string of the molecule is CCCCCNC(=O)c1cccc(C(=O)N2c3ccccc3CC2C)c1. The quantitative estimate of drug-likeness (QED) is 0.794. The third-order valence-electron chi connectivity index (χ3n) is 4.86. The van der Waals surface area contributed by atoms with Crippen LogP contribution in [-0.4, -0.2) is 24.4 Å². The van der Waals surface area contributed by atoms with E-state index >= 15 is 0 Å². The molecule has 1 unspecified atom stereocenters. The van der Waals surface area contributed by atoms with E-state index in [2.05, 4.69) is 25.2 Å². The number of carbonyl (C=O) groups excluding carboxylic acids is 2. The summed E-state index contributed by atoms with van der Waals surface area (Å²) in [6, 6.07) is 15.1. The smallest absolute Gasteiger partial charge is 0.258 e. The van der Waals surface area contributed by atoms with Crippen molar-refractivity contribution in [2.45, 2.75) is 45.6 Å². The number of amides is 2. The number of fused-ring (bicyclic) bond motifs is 1. The average Bonchev–Trinajstić information content (AvgIpc) is 3.00. The van der Waals surface area contributed by atoms with Gasteiger partial charge < -0.3 is 10.2 Å². The second kappa shape index (κ2) is 8.17. The zero-order chi connectivity index (χ0) is 18.5. The van der Waals surface area contributed by atoms with Gasteiger partial charge in [0.15, 0.2) is 0 Å². The zero-order valence-corrected chi connectivity index (χ0v) is 15.5. The first-order valence-electron chi connectivity index (χ1n) is 9.41. The molecule has 2 aromatic carbocycles. The van der Waals surface area contributed by atoms with E-state index in [1.165, 1.54) is 5.56 Å². The second-order valence-corrected chi connectivity index (χ2v) is 6.90. The molecule has 1 N–H and O–H groups in total. The fourth-order valence-corrected chi connectivity index (χ4v) is 3.49. The Morgan fingerprint density at radius 2 is 1.85 bits per heavy atom. The number of carbonyl (C=O) groups is 2. The first-order chi connectivity index (χ1) is 12.6. The highest BCUT2D eigenvalue weighted by atomic mass is 16.2. The van der Waals surface area contributed by atoms with Gasteiger partial charge in [-0.2, -0.15) is 0 Å². The number of nitrogens with zero attached hydrogens (tertiary/aromatic N) is 1. The number of anilines is 1. The molecule has 3 rings (SSSR count). The molecule has 0 aromatic heterocycles. The molecule has 4 nitrogen and oxygen atoms in total. The van der Waals surface area contributed by atoms with E-state index < -0.39 is 0 Å². The minimum absolute atomic E-state index is 0.0527. The lowest BCUT2D eigenvalue weighted by molar-refractivity contribution is 0.0953. The molecule has 0 fully saturated rings. The molecule has 0 aliphatic carbocycles. The summed E-state index contributed by atoms with van der Waals surface area (Å²) in [5, 5.41) is 2.93. The Morgan fingerprint density at radius 3 is 2.65 bits per heavy atom. The minimum atomic E-state index is -0.120. The predicted octanol–water partition coefficient (Wildman–Crippen LogP) is 4.20. The molecule has 0 radical (unpaired) electrons. The van der Waals surface area contributed by atoms with Crippen LogP contribution >= 0.6 is 0 Å². The standard InChI is InChI=1S/C22H26N2O2/c1-3-4-7-13-23-21(25)18-10-8-11-19(15-18)22(26)24-16(2)14-17-9-5-6-12-20(17)24/h5-6,8-12,15-16H,3-4,7,13-14H2,1-2H3,(H,23,25). The highest BCUT2D eigenvalue weighted by Gasteiger charge is 2.31. The Labute approximate surface area is 155 Å². The van der Waals surface area contributed by atoms with Crippen LogP contribution in [0.4, 0.5) is 5.69 Å². The van der Waals surface area contributed by atoms with Gasteiger partial charge in [0.2, 0.25) is 0 Å². The van der Waals surface area contributed by atoms with Crippen LogP contribution in [0.5, 0.6) is 0 Å². The fraction of sp³-hybridized carbons (Fsp3) is 0.364. The van der Waals surface area contributed by atoms with Gasteiger partial charge in [-0.25, -0.2) is 0 Å². The predicted molar refractivity (Wildman–Crippen MR) is 105 cm³/mol. The van der Waals surface area contributed by atoms with E-state index in [0.29, 0.717) is 17.7 Å². The van der Waals surface area contributed by atoms with E-state index in [1.807, 2.05) is 23.1 Å². The monoisotopic (exact) mass is 350 g/mol. The Bertz CT molecular complexity index is 800. The Hall–Kier alpha value is -2.62. The van der Waals surface area contributed by atoms with E-state index in [9.17, 15) is 9.59 Å². The molecule has 0 saturated heterocycles. The first kappa shape index (κ1) is 18.2. The summed E-state index contributed by atoms with van der Waals surface area (Å²) in [6.45, 7) is 4.86. The maximum atomic E-state index is 13.1. The van der Waals surface area contributed by atoms with E-state index in [-0.39, 0.29) is 17.9 Å². The number of unbranched alkanes of at least 4 members (excludes halogenated alkanes) is 2. The number of benzene rings is 2. The molecular formula is C22H26N2O2. The molecule has 2 aromatic rings. The summed E-state index contributed by atoms with van der Waals surface area (Å²) in [6.07, 6.45) is 4.06. The van der Waals surface area contributed by atoms with Crippen molar-refractivity contribution in [3.63, 3.8) is 0 Å². The molecule has 0 bridgehead atoms. The molecular weight excluding hydrogens is 324 g/mol. The Kier molecular flexibility index (Phi) is 5.71. The number of nitrogens with one attached hydrogen (secondary N) is 1. The molecule has 4 heteroatoms. The van der Waals surface area contributed by atoms with Gasteiger partial charge in [-0.15, -0.1) is 0 Å². The van der Waals surface area contributed by atoms with Crippen molar-refractivity contribution in [3.8, 4) is 0 Å². The summed E-state index contributed by atoms with van der Waals surface area (Å²) >= 11 is 0. The van der Waals surface area contributed by atoms with Crippen LogP contribution < -0.4 is 10.2 Å². The number of hydrogen-bond donors (Lipinski definition) is 1. The fourth-order valence-electron chi connectivity index (χ4n) is 3.49. The zero-order valence-electron chi connectivity index (χ0n) is 15.5. The van der Waals surface area contributed by atoms with Crippen molar-refractivity contribution in [1.82, 2.24) is 5.32 Å². The highest BCUT2D eigenvalue weighted by Crippen LogP contribution is 2.33. The van der Waals surface area contributed by atoms with Gasteiger partial charge in [0.05, 0.1) is 0 Å². The summed E-state index contributed by atoms with van der Waals surface area (Å²) in [4.78, 5) is 27.3. The van der Waals surface area contributed by atoms with Crippen LogP contribution in [0.3, 0.4) is 0 Å². The first-order valence-corrected chi connectivity index (χ1v) is 9.41. The van der Waals surface area contributed by atoms with Gasteiger partial charge in [0.1, 0.15) is 0 Å². The van der Waals surface area contributed by atoms with Crippen molar-refractivity contribution in [3.05, 3.63) is 65.2 Å². The molecule has 136 valence electrons. The average molecular weight is 350 g/mol. The topological polar surface area (TPSA) is 49.4 Å². The molecule has 0 spiro atoms. The van der Waals surface area contributed by atoms with E-state index in [1.54, 1.807) is 24.3 Å². The molecule has 2 amide bonds. The van der Waals surface area contributed by atoms with Crippen LogP contribution in [0.1, 0.15) is 59.4 Å². The molecule has 26 heavy (non-hydrogen) atoms. The highest BCUT2D eigenvalue weighted by molar-refractivity contribution is 6.09. The van der Waals surface area contributed by atoms with Crippen molar-refractivity contribution >= 4 is 17.5 Å². The van der Waals surface area contributed by atoms with Crippen LogP contribution in [0.15, 0.2) is 48.5 Å². The van der Waals surface area contributed by atoms with Gasteiger partial charge in [0, 0.05) is 29.4 Å². The summed E-state index contributed by atoms with van der Waals surface area (Å²) < 4.78 is 0. The van der Waals surface area contributed by atoms with Gasteiger partial charge in [0.25, 0.3) is 11.8 Å². The largest absolute Gasteiger partial charge is 0.352 e. The lowest BCUT2D eigenvalue weighted by Gasteiger charge is -2.23. The van der Waals surface area contributed by atoms with Crippen LogP contribution in [0.2, 0.25) is 0 Å². The normalized spacial score (nSPS) is 15.6. The van der Waals surface area contributed by atoms with Gasteiger partial charge in [-0.05, 0) is 49.6 Å². The lowest BCUT2D eigenvalue weighted by atomic mass is 10.1. The molecule has 0 saturated carbocycles. The summed E-state index contributed by atoms with van der Waals surface area (Å²) in [5.41, 5.74) is 3.25. The third kappa shape index (κ3) is 3.79. The van der Waals surface area contributed by atoms with Crippen molar-refractivity contribution in [2.75, 3.05) is 11.4 Å². The van der Waals surface area contributed by atoms with Crippen LogP contribution in [-0.2, 0) is 6.42 Å². The van der Waals surface area contributed by atoms with E-state index in [0.717, 1.165) is 31.4 Å². The van der Waals surface area contributed by atoms with Crippen molar-refractivity contribution in [1.29, 1.82) is 0 Å². The van der Waals surface area contributed by atoms with Crippen LogP contribution in [0.25, 0.3) is 0 Å². The van der Waals surface area contributed by atoms with Gasteiger partial charge in [-0.1, -0.05) is 44.0 Å². The maximum Gasteiger partial charge on any atom is 0.258 e. The van der Waals surface area contributed by atoms with Crippen LogP contribution in [0, 0.1) is 0 Å². The number of para-hydroxylation sites is 1. The molecule has 1 aliphatic rings. The summed E-state index contributed by atoms with van der Waals surface area (Å²) in [5.74, 6) is -0.172. The molecule has 1 atom stereocenters. The lowest BCUT2D eigenvalue weighted by Crippen LogP contribution is -2.36. The minimum Gasteiger partial charge on any atom is -0.352 e. The van der Waals surface area contributed by atoms with E-state index in [4.69, 9.17) is 0 Å². The molecule has 1 aliphatic heterocycles. The Balaban J connectivity index is 1.76. The Morgan fingerprint density at radius 1 is 1.08 bits per heavy atom. The van der Waals surface area contributed by atoms with Crippen molar-refractivity contribution < 1.29 is 9.59 Å². The third-order valence-corrected chi connectivity index (χ3v) is 4.86. The number of rotatable bonds is 6.